The van der Waals surface area contributed by atoms with Crippen LogP contribution >= 0.6 is 0 Å². The number of rotatable bonds is 6. The highest BCUT2D eigenvalue weighted by Crippen LogP contribution is 2.24. The molecule has 1 heterocycles. The van der Waals surface area contributed by atoms with E-state index in [0.29, 0.717) is 0 Å². The van der Waals surface area contributed by atoms with Crippen molar-refractivity contribution in [1.82, 2.24) is 4.98 Å². The van der Waals surface area contributed by atoms with Gasteiger partial charge in [0.05, 0.1) is 5.69 Å². The number of halogens is 1. The number of hydrogen-bond donors (Lipinski definition) is 0. The summed E-state index contributed by atoms with van der Waals surface area (Å²) in [4.78, 5) is 4.36. The van der Waals surface area contributed by atoms with Crippen molar-refractivity contribution in [2.75, 3.05) is 0 Å². The topological polar surface area (TPSA) is 12.9 Å². The lowest BCUT2D eigenvalue weighted by Crippen LogP contribution is -1.94. The molecule has 0 spiro atoms. The molecule has 0 aliphatic heterocycles. The number of benzene rings is 1. The summed E-state index contributed by atoms with van der Waals surface area (Å²) in [5.74, 6) is -0.162. The summed E-state index contributed by atoms with van der Waals surface area (Å²) in [6.45, 7) is 2.20. The van der Waals surface area contributed by atoms with Gasteiger partial charge in [-0.15, -0.1) is 0 Å². The van der Waals surface area contributed by atoms with E-state index in [2.05, 4.69) is 11.9 Å². The summed E-state index contributed by atoms with van der Waals surface area (Å²) in [6.07, 6.45) is 7.47. The van der Waals surface area contributed by atoms with Crippen LogP contribution in [-0.2, 0) is 6.42 Å². The molecule has 2 rings (SSSR count). The van der Waals surface area contributed by atoms with E-state index in [1.54, 1.807) is 12.3 Å². The number of aryl methyl sites for hydroxylation is 1. The van der Waals surface area contributed by atoms with E-state index >= 15 is 0 Å². The number of unbranched alkanes of at least 4 members (excludes halogenated alkanes) is 3. The fourth-order valence-electron chi connectivity index (χ4n) is 2.28. The van der Waals surface area contributed by atoms with Crippen molar-refractivity contribution in [2.24, 2.45) is 0 Å². The van der Waals surface area contributed by atoms with E-state index < -0.39 is 0 Å². The molecule has 0 N–H and O–H groups in total. The first-order valence-corrected chi connectivity index (χ1v) is 7.01. The molecule has 1 aromatic carbocycles. The zero-order valence-electron chi connectivity index (χ0n) is 11.4. The van der Waals surface area contributed by atoms with Crippen molar-refractivity contribution in [1.29, 1.82) is 0 Å². The maximum absolute atomic E-state index is 13.4. The molecule has 0 fully saturated rings. The van der Waals surface area contributed by atoms with Gasteiger partial charge in [0, 0.05) is 11.8 Å². The lowest BCUT2D eigenvalue weighted by atomic mass is 9.98. The second-order valence-corrected chi connectivity index (χ2v) is 4.83. The third-order valence-corrected chi connectivity index (χ3v) is 3.31. The van der Waals surface area contributed by atoms with Crippen LogP contribution in [0.1, 0.15) is 38.2 Å². The van der Waals surface area contributed by atoms with E-state index in [0.717, 1.165) is 29.7 Å². The third-order valence-electron chi connectivity index (χ3n) is 3.31. The molecule has 100 valence electrons. The molecule has 0 atom stereocenters. The summed E-state index contributed by atoms with van der Waals surface area (Å²) >= 11 is 0. The minimum Gasteiger partial charge on any atom is -0.256 e. The molecule has 19 heavy (non-hydrogen) atoms. The first-order chi connectivity index (χ1) is 9.31. The van der Waals surface area contributed by atoms with E-state index in [4.69, 9.17) is 0 Å². The van der Waals surface area contributed by atoms with Crippen LogP contribution < -0.4 is 0 Å². The van der Waals surface area contributed by atoms with Gasteiger partial charge in [0.25, 0.3) is 0 Å². The maximum Gasteiger partial charge on any atom is 0.123 e. The number of nitrogens with zero attached hydrogens (tertiary/aromatic N) is 1. The van der Waals surface area contributed by atoms with Crippen LogP contribution in [0, 0.1) is 5.82 Å². The van der Waals surface area contributed by atoms with Gasteiger partial charge in [0.1, 0.15) is 5.82 Å². The highest BCUT2D eigenvalue weighted by atomic mass is 19.1. The van der Waals surface area contributed by atoms with Crippen LogP contribution in [0.5, 0.6) is 0 Å². The van der Waals surface area contributed by atoms with Crippen LogP contribution in [0.2, 0.25) is 0 Å². The summed E-state index contributed by atoms with van der Waals surface area (Å²) in [6, 6.07) is 10.8. The minimum atomic E-state index is -0.162. The SMILES string of the molecule is CCCCCCc1cc(F)ccc1-c1ccccn1. The van der Waals surface area contributed by atoms with E-state index in [-0.39, 0.29) is 5.82 Å². The Balaban J connectivity index is 2.18. The largest absolute Gasteiger partial charge is 0.256 e. The molecule has 0 aliphatic rings. The van der Waals surface area contributed by atoms with Gasteiger partial charge in [0.2, 0.25) is 0 Å². The monoisotopic (exact) mass is 257 g/mol. The number of aromatic nitrogens is 1. The molecular weight excluding hydrogens is 237 g/mol. The first-order valence-electron chi connectivity index (χ1n) is 7.01. The smallest absolute Gasteiger partial charge is 0.123 e. The van der Waals surface area contributed by atoms with Crippen LogP contribution in [0.4, 0.5) is 4.39 Å². The standard InChI is InChI=1S/C17H20FN/c1-2-3-4-5-8-14-13-15(18)10-11-16(14)17-9-6-7-12-19-17/h6-7,9-13H,2-5,8H2,1H3. The lowest BCUT2D eigenvalue weighted by Gasteiger charge is -2.09. The van der Waals surface area contributed by atoms with Gasteiger partial charge < -0.3 is 0 Å². The Kier molecular flexibility index (Phi) is 5.08. The van der Waals surface area contributed by atoms with Crippen molar-refractivity contribution in [3.05, 3.63) is 54.0 Å². The predicted molar refractivity (Wildman–Crippen MR) is 77.5 cm³/mol. The van der Waals surface area contributed by atoms with Gasteiger partial charge in [0.15, 0.2) is 0 Å². The molecule has 1 nitrogen and oxygen atoms in total. The summed E-state index contributed by atoms with van der Waals surface area (Å²) in [5, 5.41) is 0. The Morgan fingerprint density at radius 3 is 2.68 bits per heavy atom. The Labute approximate surface area is 114 Å². The summed E-state index contributed by atoms with van der Waals surface area (Å²) in [5.41, 5.74) is 3.04. The van der Waals surface area contributed by atoms with Gasteiger partial charge in [-0.1, -0.05) is 32.3 Å². The Morgan fingerprint density at radius 2 is 1.95 bits per heavy atom. The summed E-state index contributed by atoms with van der Waals surface area (Å²) in [7, 11) is 0. The average molecular weight is 257 g/mol. The zero-order valence-corrected chi connectivity index (χ0v) is 11.4. The molecule has 0 unspecified atom stereocenters. The van der Waals surface area contributed by atoms with Crippen LogP contribution in [0.25, 0.3) is 11.3 Å². The van der Waals surface area contributed by atoms with E-state index in [9.17, 15) is 4.39 Å². The van der Waals surface area contributed by atoms with Crippen LogP contribution in [0.3, 0.4) is 0 Å². The first kappa shape index (κ1) is 13.7. The second kappa shape index (κ2) is 7.03. The zero-order chi connectivity index (χ0) is 13.5. The Bertz CT molecular complexity index is 508. The molecule has 0 saturated heterocycles. The fourth-order valence-corrected chi connectivity index (χ4v) is 2.28. The van der Waals surface area contributed by atoms with Gasteiger partial charge >= 0.3 is 0 Å². The Hall–Kier alpha value is -1.70. The average Bonchev–Trinajstić information content (AvgIpc) is 2.45. The van der Waals surface area contributed by atoms with E-state index in [1.807, 2.05) is 24.3 Å². The number of hydrogen-bond acceptors (Lipinski definition) is 1. The van der Waals surface area contributed by atoms with Crippen molar-refractivity contribution in [3.63, 3.8) is 0 Å². The molecule has 0 bridgehead atoms. The quantitative estimate of drug-likeness (QED) is 0.663. The normalized spacial score (nSPS) is 10.6. The molecule has 0 amide bonds. The third kappa shape index (κ3) is 3.88. The molecule has 2 aromatic rings. The predicted octanol–water partition coefficient (Wildman–Crippen LogP) is 5.01. The lowest BCUT2D eigenvalue weighted by molar-refractivity contribution is 0.621. The van der Waals surface area contributed by atoms with Crippen molar-refractivity contribution in [2.45, 2.75) is 39.0 Å². The van der Waals surface area contributed by atoms with Crippen molar-refractivity contribution < 1.29 is 4.39 Å². The van der Waals surface area contributed by atoms with Crippen molar-refractivity contribution in [3.8, 4) is 11.3 Å². The van der Waals surface area contributed by atoms with Gasteiger partial charge in [-0.2, -0.15) is 0 Å². The summed E-state index contributed by atoms with van der Waals surface area (Å²) < 4.78 is 13.4. The molecule has 0 aliphatic carbocycles. The second-order valence-electron chi connectivity index (χ2n) is 4.83. The molecule has 0 radical (unpaired) electrons. The molecule has 2 heteroatoms. The molecular formula is C17H20FN. The molecule has 1 aromatic heterocycles. The highest BCUT2D eigenvalue weighted by Gasteiger charge is 2.07. The maximum atomic E-state index is 13.4. The van der Waals surface area contributed by atoms with Gasteiger partial charge in [-0.25, -0.2) is 4.39 Å². The van der Waals surface area contributed by atoms with Crippen LogP contribution in [0.15, 0.2) is 42.6 Å². The number of pyridine rings is 1. The van der Waals surface area contributed by atoms with Crippen LogP contribution in [-0.4, -0.2) is 4.98 Å². The minimum absolute atomic E-state index is 0.162. The fraction of sp³-hybridized carbons (Fsp3) is 0.353. The molecule has 0 saturated carbocycles. The van der Waals surface area contributed by atoms with Gasteiger partial charge in [-0.3, -0.25) is 4.98 Å². The Morgan fingerprint density at radius 1 is 1.05 bits per heavy atom. The van der Waals surface area contributed by atoms with Crippen molar-refractivity contribution >= 4 is 0 Å². The highest BCUT2D eigenvalue weighted by molar-refractivity contribution is 5.63. The van der Waals surface area contributed by atoms with E-state index in [1.165, 1.54) is 25.3 Å². The van der Waals surface area contributed by atoms with Gasteiger partial charge in [-0.05, 0) is 48.7 Å².